The summed E-state index contributed by atoms with van der Waals surface area (Å²) >= 11 is 5.92. The molecule has 1 aromatic rings. The lowest BCUT2D eigenvalue weighted by Gasteiger charge is -2.33. The summed E-state index contributed by atoms with van der Waals surface area (Å²) in [5.41, 5.74) is 2.00. The van der Waals surface area contributed by atoms with Crippen LogP contribution in [0, 0.1) is 16.0 Å². The number of nitrogens with zero attached hydrogens (tertiary/aromatic N) is 2. The van der Waals surface area contributed by atoms with Gasteiger partial charge in [-0.15, -0.1) is 11.6 Å². The van der Waals surface area contributed by atoms with Gasteiger partial charge in [0.2, 0.25) is 0 Å². The van der Waals surface area contributed by atoms with E-state index in [2.05, 4.69) is 11.8 Å². The zero-order valence-electron chi connectivity index (χ0n) is 10.4. The first-order valence-corrected chi connectivity index (χ1v) is 6.73. The Morgan fingerprint density at radius 3 is 2.94 bits per heavy atom. The van der Waals surface area contributed by atoms with Crippen LogP contribution in [0.25, 0.3) is 0 Å². The minimum atomic E-state index is -0.376. The molecule has 1 aromatic carbocycles. The van der Waals surface area contributed by atoms with Crippen LogP contribution in [0.4, 0.5) is 11.4 Å². The summed E-state index contributed by atoms with van der Waals surface area (Å²) < 4.78 is 0. The molecule has 0 amide bonds. The van der Waals surface area contributed by atoms with Gasteiger partial charge in [0, 0.05) is 36.8 Å². The molecular formula is C13H17ClN2O2. The molecule has 1 heterocycles. The van der Waals surface area contributed by atoms with E-state index in [4.69, 9.17) is 11.6 Å². The fraction of sp³-hybridized carbons (Fsp3) is 0.538. The van der Waals surface area contributed by atoms with Crippen LogP contribution in [-0.4, -0.2) is 18.0 Å². The molecule has 98 valence electrons. The molecular weight excluding hydrogens is 252 g/mol. The average molecular weight is 269 g/mol. The Morgan fingerprint density at radius 1 is 1.56 bits per heavy atom. The first kappa shape index (κ1) is 13.1. The van der Waals surface area contributed by atoms with Crippen LogP contribution in [0.2, 0.25) is 0 Å². The van der Waals surface area contributed by atoms with Crippen molar-refractivity contribution in [1.29, 1.82) is 0 Å². The Balaban J connectivity index is 2.29. The maximum atomic E-state index is 10.8. The third kappa shape index (κ3) is 2.75. The van der Waals surface area contributed by atoms with Crippen LogP contribution in [-0.2, 0) is 5.88 Å². The lowest BCUT2D eigenvalue weighted by molar-refractivity contribution is -0.384. The van der Waals surface area contributed by atoms with E-state index in [0.717, 1.165) is 24.3 Å². The molecule has 0 N–H and O–H groups in total. The number of hydrogen-bond acceptors (Lipinski definition) is 3. The van der Waals surface area contributed by atoms with Crippen LogP contribution in [0.5, 0.6) is 0 Å². The number of alkyl halides is 1. The molecule has 0 bridgehead atoms. The van der Waals surface area contributed by atoms with Gasteiger partial charge in [-0.3, -0.25) is 10.1 Å². The molecule has 0 spiro atoms. The van der Waals surface area contributed by atoms with Crippen LogP contribution in [0.1, 0.15) is 25.3 Å². The number of hydrogen-bond donors (Lipinski definition) is 0. The summed E-state index contributed by atoms with van der Waals surface area (Å²) in [6.07, 6.45) is 2.42. The molecule has 1 aliphatic rings. The second-order valence-corrected chi connectivity index (χ2v) is 5.16. The average Bonchev–Trinajstić information content (AvgIpc) is 2.37. The predicted octanol–water partition coefficient (Wildman–Crippen LogP) is 3.57. The van der Waals surface area contributed by atoms with Gasteiger partial charge in [0.15, 0.2) is 0 Å². The monoisotopic (exact) mass is 268 g/mol. The second-order valence-electron chi connectivity index (χ2n) is 4.90. The molecule has 0 aromatic heterocycles. The van der Waals surface area contributed by atoms with Crippen LogP contribution >= 0.6 is 11.6 Å². The zero-order chi connectivity index (χ0) is 13.1. The summed E-state index contributed by atoms with van der Waals surface area (Å²) in [4.78, 5) is 12.7. The van der Waals surface area contributed by atoms with E-state index in [0.29, 0.717) is 11.8 Å². The molecule has 0 aliphatic carbocycles. The summed E-state index contributed by atoms with van der Waals surface area (Å²) in [6, 6.07) is 4.97. The minimum Gasteiger partial charge on any atom is -0.371 e. The third-order valence-corrected chi connectivity index (χ3v) is 3.70. The summed E-state index contributed by atoms with van der Waals surface area (Å²) in [5, 5.41) is 10.8. The van der Waals surface area contributed by atoms with Gasteiger partial charge in [-0.25, -0.2) is 0 Å². The van der Waals surface area contributed by atoms with Gasteiger partial charge in [0.1, 0.15) is 0 Å². The lowest BCUT2D eigenvalue weighted by Crippen LogP contribution is -2.34. The van der Waals surface area contributed by atoms with Gasteiger partial charge in [-0.2, -0.15) is 0 Å². The molecule has 0 saturated carbocycles. The van der Waals surface area contributed by atoms with Gasteiger partial charge >= 0.3 is 0 Å². The number of halogens is 1. The molecule has 1 atom stereocenters. The Hall–Kier alpha value is -1.29. The highest BCUT2D eigenvalue weighted by Gasteiger charge is 2.20. The van der Waals surface area contributed by atoms with Crippen LogP contribution in [0.15, 0.2) is 18.2 Å². The van der Waals surface area contributed by atoms with Gasteiger partial charge in [0.05, 0.1) is 4.92 Å². The highest BCUT2D eigenvalue weighted by atomic mass is 35.5. The number of benzene rings is 1. The standard InChI is InChI=1S/C13H17ClN2O2/c1-10-3-2-6-15(9-10)13-5-4-12(16(17)18)7-11(13)8-14/h4-5,7,10H,2-3,6,8-9H2,1H3. The van der Waals surface area contributed by atoms with E-state index in [-0.39, 0.29) is 10.6 Å². The van der Waals surface area contributed by atoms with Crippen molar-refractivity contribution >= 4 is 23.0 Å². The van der Waals surface area contributed by atoms with Crippen molar-refractivity contribution in [3.8, 4) is 0 Å². The molecule has 1 aliphatic heterocycles. The van der Waals surface area contributed by atoms with E-state index in [1.54, 1.807) is 12.1 Å². The van der Waals surface area contributed by atoms with Crippen molar-refractivity contribution in [1.82, 2.24) is 0 Å². The van der Waals surface area contributed by atoms with Crippen molar-refractivity contribution in [2.24, 2.45) is 5.92 Å². The van der Waals surface area contributed by atoms with Crippen molar-refractivity contribution in [3.63, 3.8) is 0 Å². The fourth-order valence-electron chi connectivity index (χ4n) is 2.51. The number of nitro benzene ring substituents is 1. The maximum absolute atomic E-state index is 10.8. The quantitative estimate of drug-likeness (QED) is 0.478. The second kappa shape index (κ2) is 5.57. The van der Waals surface area contributed by atoms with Crippen LogP contribution < -0.4 is 4.90 Å². The molecule has 0 radical (unpaired) electrons. The molecule has 1 saturated heterocycles. The summed E-state index contributed by atoms with van der Waals surface area (Å²) in [7, 11) is 0. The Labute approximate surface area is 112 Å². The van der Waals surface area contributed by atoms with E-state index >= 15 is 0 Å². The number of rotatable bonds is 3. The molecule has 1 unspecified atom stereocenters. The van der Waals surface area contributed by atoms with E-state index in [1.165, 1.54) is 12.8 Å². The van der Waals surface area contributed by atoms with Gasteiger partial charge in [-0.1, -0.05) is 6.92 Å². The molecule has 5 heteroatoms. The van der Waals surface area contributed by atoms with Crippen molar-refractivity contribution in [2.45, 2.75) is 25.6 Å². The van der Waals surface area contributed by atoms with Crippen molar-refractivity contribution in [2.75, 3.05) is 18.0 Å². The smallest absolute Gasteiger partial charge is 0.269 e. The molecule has 1 fully saturated rings. The topological polar surface area (TPSA) is 46.4 Å². The van der Waals surface area contributed by atoms with Crippen LogP contribution in [0.3, 0.4) is 0 Å². The summed E-state index contributed by atoms with van der Waals surface area (Å²) in [6.45, 7) is 4.24. The highest BCUT2D eigenvalue weighted by molar-refractivity contribution is 6.17. The number of anilines is 1. The largest absolute Gasteiger partial charge is 0.371 e. The zero-order valence-corrected chi connectivity index (χ0v) is 11.2. The predicted molar refractivity (Wildman–Crippen MR) is 73.3 cm³/mol. The molecule has 4 nitrogen and oxygen atoms in total. The highest BCUT2D eigenvalue weighted by Crippen LogP contribution is 2.30. The lowest BCUT2D eigenvalue weighted by atomic mass is 9.99. The van der Waals surface area contributed by atoms with E-state index < -0.39 is 0 Å². The summed E-state index contributed by atoms with van der Waals surface area (Å²) in [5.74, 6) is 0.971. The first-order chi connectivity index (χ1) is 8.61. The normalized spacial score (nSPS) is 19.9. The van der Waals surface area contributed by atoms with Gasteiger partial charge in [-0.05, 0) is 30.4 Å². The Morgan fingerprint density at radius 2 is 2.33 bits per heavy atom. The Bertz CT molecular complexity index is 451. The molecule has 18 heavy (non-hydrogen) atoms. The number of non-ortho nitro benzene ring substituents is 1. The maximum Gasteiger partial charge on any atom is 0.269 e. The van der Waals surface area contributed by atoms with E-state index in [1.807, 2.05) is 6.07 Å². The van der Waals surface area contributed by atoms with Crippen molar-refractivity contribution < 1.29 is 4.92 Å². The third-order valence-electron chi connectivity index (χ3n) is 3.42. The van der Waals surface area contributed by atoms with Gasteiger partial charge in [0.25, 0.3) is 5.69 Å². The SMILES string of the molecule is CC1CCCN(c2ccc([N+](=O)[O-])cc2CCl)C1. The number of piperidine rings is 1. The van der Waals surface area contributed by atoms with Gasteiger partial charge < -0.3 is 4.90 Å². The van der Waals surface area contributed by atoms with Crippen molar-refractivity contribution in [3.05, 3.63) is 33.9 Å². The first-order valence-electron chi connectivity index (χ1n) is 6.20. The Kier molecular flexibility index (Phi) is 4.07. The van der Waals surface area contributed by atoms with E-state index in [9.17, 15) is 10.1 Å². The number of nitro groups is 1. The molecule has 2 rings (SSSR count). The fourth-order valence-corrected chi connectivity index (χ4v) is 2.72. The minimum absolute atomic E-state index is 0.111.